The summed E-state index contributed by atoms with van der Waals surface area (Å²) in [5.74, 6) is -1.02. The van der Waals surface area contributed by atoms with E-state index in [2.05, 4.69) is 10.6 Å². The number of ether oxygens (including phenoxy) is 1. The first-order chi connectivity index (χ1) is 8.43. The Labute approximate surface area is 111 Å². The van der Waals surface area contributed by atoms with Crippen LogP contribution in [-0.4, -0.2) is 24.9 Å². The fraction of sp³-hybridized carbons (Fsp3) is 0.417. The zero-order chi connectivity index (χ0) is 13.7. The molecule has 1 aromatic rings. The molecular weight excluding hydrogens is 258 g/mol. The highest BCUT2D eigenvalue weighted by molar-refractivity contribution is 7.80. The highest BCUT2D eigenvalue weighted by Crippen LogP contribution is 2.18. The number of halogens is 2. The van der Waals surface area contributed by atoms with E-state index in [1.54, 1.807) is 7.11 Å². The van der Waals surface area contributed by atoms with Crippen molar-refractivity contribution in [3.05, 3.63) is 29.3 Å². The van der Waals surface area contributed by atoms with Gasteiger partial charge in [-0.25, -0.2) is 8.78 Å². The maximum absolute atomic E-state index is 13.5. The molecule has 0 aliphatic heterocycles. The topological polar surface area (TPSA) is 33.3 Å². The van der Waals surface area contributed by atoms with E-state index in [9.17, 15) is 8.78 Å². The summed E-state index contributed by atoms with van der Waals surface area (Å²) in [4.78, 5) is 0. The Kier molecular flexibility index (Phi) is 5.43. The van der Waals surface area contributed by atoms with Gasteiger partial charge < -0.3 is 15.4 Å². The molecule has 18 heavy (non-hydrogen) atoms. The van der Waals surface area contributed by atoms with Crippen molar-refractivity contribution in [3.63, 3.8) is 0 Å². The Morgan fingerprint density at radius 3 is 2.67 bits per heavy atom. The molecule has 0 saturated heterocycles. The lowest BCUT2D eigenvalue weighted by atomic mass is 10.2. The minimum absolute atomic E-state index is 0.0141. The molecule has 1 unspecified atom stereocenters. The second-order valence-electron chi connectivity index (χ2n) is 4.04. The van der Waals surface area contributed by atoms with Crippen LogP contribution in [0.4, 0.5) is 14.5 Å². The molecule has 2 N–H and O–H groups in total. The minimum Gasteiger partial charge on any atom is -0.383 e. The summed E-state index contributed by atoms with van der Waals surface area (Å²) in [6, 6.07) is 2.19. The third-order valence-corrected chi connectivity index (χ3v) is 2.51. The number of methoxy groups -OCH3 is 1. The third-order valence-electron chi connectivity index (χ3n) is 2.29. The molecule has 0 fully saturated rings. The lowest BCUT2D eigenvalue weighted by Gasteiger charge is -2.16. The predicted octanol–water partition coefficient (Wildman–Crippen LogP) is 2.59. The van der Waals surface area contributed by atoms with Crippen LogP contribution in [0.15, 0.2) is 12.1 Å². The summed E-state index contributed by atoms with van der Waals surface area (Å²) in [5, 5.41) is 5.74. The molecule has 3 nitrogen and oxygen atoms in total. The van der Waals surface area contributed by atoms with Crippen LogP contribution in [0.5, 0.6) is 0 Å². The first kappa shape index (κ1) is 14.8. The molecule has 0 aliphatic carbocycles. The number of hydrogen-bond donors (Lipinski definition) is 2. The van der Waals surface area contributed by atoms with Crippen LogP contribution in [0.25, 0.3) is 0 Å². The molecule has 6 heteroatoms. The van der Waals surface area contributed by atoms with E-state index < -0.39 is 11.6 Å². The molecule has 0 bridgehead atoms. The molecule has 0 saturated carbocycles. The summed E-state index contributed by atoms with van der Waals surface area (Å²) in [5.41, 5.74) is 0.268. The van der Waals surface area contributed by atoms with Gasteiger partial charge in [0.25, 0.3) is 0 Å². The van der Waals surface area contributed by atoms with Gasteiger partial charge in [0, 0.05) is 19.2 Å². The molecule has 0 aliphatic rings. The highest BCUT2D eigenvalue weighted by Gasteiger charge is 2.10. The molecular formula is C12H16F2N2OS. The van der Waals surface area contributed by atoms with E-state index in [4.69, 9.17) is 17.0 Å². The van der Waals surface area contributed by atoms with Crippen molar-refractivity contribution in [1.82, 2.24) is 5.32 Å². The molecule has 1 rings (SSSR count). The van der Waals surface area contributed by atoms with Gasteiger partial charge >= 0.3 is 0 Å². The zero-order valence-electron chi connectivity index (χ0n) is 10.5. The standard InChI is InChI=1S/C12H16F2N2OS/c1-7-4-10(14)11(5-9(7)13)16-12(18)15-8(2)6-17-3/h4-5,8H,6H2,1-3H3,(H2,15,16,18). The van der Waals surface area contributed by atoms with Gasteiger partial charge in [-0.2, -0.15) is 0 Å². The number of hydrogen-bond acceptors (Lipinski definition) is 2. The number of anilines is 1. The highest BCUT2D eigenvalue weighted by atomic mass is 32.1. The quantitative estimate of drug-likeness (QED) is 0.827. The fourth-order valence-electron chi connectivity index (χ4n) is 1.42. The maximum Gasteiger partial charge on any atom is 0.171 e. The first-order valence-electron chi connectivity index (χ1n) is 5.46. The van der Waals surface area contributed by atoms with E-state index in [0.29, 0.717) is 6.61 Å². The van der Waals surface area contributed by atoms with E-state index in [0.717, 1.165) is 12.1 Å². The molecule has 1 atom stereocenters. The van der Waals surface area contributed by atoms with Crippen molar-refractivity contribution in [2.75, 3.05) is 19.0 Å². The smallest absolute Gasteiger partial charge is 0.171 e. The van der Waals surface area contributed by atoms with Gasteiger partial charge in [-0.05, 0) is 37.7 Å². The number of nitrogens with one attached hydrogen (secondary N) is 2. The van der Waals surface area contributed by atoms with Crippen molar-refractivity contribution in [1.29, 1.82) is 0 Å². The second-order valence-corrected chi connectivity index (χ2v) is 4.44. The Balaban J connectivity index is 2.67. The molecule has 0 spiro atoms. The normalized spacial score (nSPS) is 12.1. The summed E-state index contributed by atoms with van der Waals surface area (Å²) >= 11 is 5.00. The predicted molar refractivity (Wildman–Crippen MR) is 71.8 cm³/mol. The second kappa shape index (κ2) is 6.61. The third kappa shape index (κ3) is 4.19. The fourth-order valence-corrected chi connectivity index (χ4v) is 1.73. The van der Waals surface area contributed by atoms with Crippen LogP contribution in [0, 0.1) is 18.6 Å². The van der Waals surface area contributed by atoms with Crippen LogP contribution in [0.2, 0.25) is 0 Å². The van der Waals surface area contributed by atoms with E-state index in [1.807, 2.05) is 6.92 Å². The first-order valence-corrected chi connectivity index (χ1v) is 5.87. The summed E-state index contributed by atoms with van der Waals surface area (Å²) in [6.07, 6.45) is 0. The Morgan fingerprint density at radius 1 is 1.39 bits per heavy atom. The summed E-state index contributed by atoms with van der Waals surface area (Å²) in [7, 11) is 1.57. The van der Waals surface area contributed by atoms with Crippen LogP contribution in [0.3, 0.4) is 0 Å². The molecule has 0 heterocycles. The van der Waals surface area contributed by atoms with Gasteiger partial charge in [0.05, 0.1) is 12.3 Å². The van der Waals surface area contributed by atoms with E-state index in [1.165, 1.54) is 6.92 Å². The van der Waals surface area contributed by atoms with Crippen LogP contribution in [0.1, 0.15) is 12.5 Å². The van der Waals surface area contributed by atoms with Gasteiger partial charge in [0.2, 0.25) is 0 Å². The van der Waals surface area contributed by atoms with Crippen molar-refractivity contribution in [3.8, 4) is 0 Å². The number of benzene rings is 1. The average molecular weight is 274 g/mol. The van der Waals surface area contributed by atoms with Crippen LogP contribution < -0.4 is 10.6 Å². The zero-order valence-corrected chi connectivity index (χ0v) is 11.3. The van der Waals surface area contributed by atoms with Crippen molar-refractivity contribution in [2.24, 2.45) is 0 Å². The van der Waals surface area contributed by atoms with Crippen LogP contribution >= 0.6 is 12.2 Å². The number of aryl methyl sites for hydroxylation is 1. The number of rotatable bonds is 4. The van der Waals surface area contributed by atoms with E-state index in [-0.39, 0.29) is 22.4 Å². The van der Waals surface area contributed by atoms with Gasteiger partial charge in [0.1, 0.15) is 11.6 Å². The minimum atomic E-state index is -0.544. The van der Waals surface area contributed by atoms with Gasteiger partial charge in [-0.3, -0.25) is 0 Å². The van der Waals surface area contributed by atoms with Crippen molar-refractivity contribution in [2.45, 2.75) is 19.9 Å². The van der Waals surface area contributed by atoms with E-state index >= 15 is 0 Å². The Bertz CT molecular complexity index is 440. The van der Waals surface area contributed by atoms with Gasteiger partial charge in [0.15, 0.2) is 5.11 Å². The van der Waals surface area contributed by atoms with Gasteiger partial charge in [-0.15, -0.1) is 0 Å². The van der Waals surface area contributed by atoms with Crippen molar-refractivity contribution < 1.29 is 13.5 Å². The summed E-state index contributed by atoms with van der Waals surface area (Å²) in [6.45, 7) is 3.83. The maximum atomic E-state index is 13.5. The Morgan fingerprint density at radius 2 is 2.06 bits per heavy atom. The Hall–Kier alpha value is -1.27. The summed E-state index contributed by atoms with van der Waals surface area (Å²) < 4.78 is 31.8. The largest absolute Gasteiger partial charge is 0.383 e. The SMILES string of the molecule is COCC(C)NC(=S)Nc1cc(F)c(C)cc1F. The van der Waals surface area contributed by atoms with Crippen molar-refractivity contribution >= 4 is 23.0 Å². The lowest BCUT2D eigenvalue weighted by Crippen LogP contribution is -2.38. The molecule has 0 amide bonds. The lowest BCUT2D eigenvalue weighted by molar-refractivity contribution is 0.179. The average Bonchev–Trinajstić information content (AvgIpc) is 2.26. The molecule has 1 aromatic carbocycles. The monoisotopic (exact) mass is 274 g/mol. The number of thiocarbonyl (C=S) groups is 1. The molecule has 0 radical (unpaired) electrons. The molecule has 100 valence electrons. The van der Waals surface area contributed by atoms with Gasteiger partial charge in [-0.1, -0.05) is 0 Å². The van der Waals surface area contributed by atoms with Crippen LogP contribution in [-0.2, 0) is 4.74 Å². The molecule has 0 aromatic heterocycles.